The van der Waals surface area contributed by atoms with E-state index in [4.69, 9.17) is 4.74 Å². The predicted octanol–water partition coefficient (Wildman–Crippen LogP) is 1.29. The molecule has 1 aliphatic carbocycles. The van der Waals surface area contributed by atoms with Crippen LogP contribution in [-0.2, 0) is 4.74 Å². The lowest BCUT2D eigenvalue weighted by atomic mass is 10.00. The highest BCUT2D eigenvalue weighted by Gasteiger charge is 2.32. The number of hydrogen-bond donors (Lipinski definition) is 2. The monoisotopic (exact) mass is 212 g/mol. The maximum absolute atomic E-state index is 5.49. The molecule has 0 aromatic rings. The first kappa shape index (κ1) is 11.4. The van der Waals surface area contributed by atoms with Crippen LogP contribution in [0.4, 0.5) is 0 Å². The van der Waals surface area contributed by atoms with Gasteiger partial charge in [-0.1, -0.05) is 0 Å². The molecule has 2 N–H and O–H groups in total. The fourth-order valence-corrected chi connectivity index (χ4v) is 2.91. The van der Waals surface area contributed by atoms with Crippen LogP contribution in [0.1, 0.15) is 39.0 Å². The molecular weight excluding hydrogens is 188 g/mol. The van der Waals surface area contributed by atoms with Crippen molar-refractivity contribution in [3.8, 4) is 0 Å². The van der Waals surface area contributed by atoms with Crippen molar-refractivity contribution >= 4 is 0 Å². The molecular formula is C12H24N2O. The lowest BCUT2D eigenvalue weighted by Gasteiger charge is -2.28. The predicted molar refractivity (Wildman–Crippen MR) is 62.1 cm³/mol. The number of hydrogen-bond acceptors (Lipinski definition) is 3. The van der Waals surface area contributed by atoms with Gasteiger partial charge in [0, 0.05) is 25.2 Å². The molecule has 3 atom stereocenters. The molecule has 0 bridgehead atoms. The molecule has 1 saturated heterocycles. The SMILES string of the molecule is COC1CCCC1NCC1(C)CCCN1. The molecule has 0 aromatic carbocycles. The van der Waals surface area contributed by atoms with Gasteiger partial charge < -0.3 is 15.4 Å². The first-order valence-corrected chi connectivity index (χ1v) is 6.25. The minimum atomic E-state index is 0.320. The van der Waals surface area contributed by atoms with Gasteiger partial charge in [0.05, 0.1) is 6.10 Å². The Hall–Kier alpha value is -0.120. The largest absolute Gasteiger partial charge is 0.380 e. The van der Waals surface area contributed by atoms with E-state index in [1.54, 1.807) is 0 Å². The Morgan fingerprint density at radius 1 is 1.40 bits per heavy atom. The number of ether oxygens (including phenoxy) is 1. The zero-order valence-electron chi connectivity index (χ0n) is 10.0. The van der Waals surface area contributed by atoms with Crippen molar-refractivity contribution in [3.63, 3.8) is 0 Å². The van der Waals surface area contributed by atoms with Gasteiger partial charge >= 0.3 is 0 Å². The van der Waals surface area contributed by atoms with Crippen molar-refractivity contribution in [2.24, 2.45) is 0 Å². The number of methoxy groups -OCH3 is 1. The molecule has 0 radical (unpaired) electrons. The molecule has 3 unspecified atom stereocenters. The first-order chi connectivity index (χ1) is 7.23. The zero-order chi connectivity index (χ0) is 10.7. The molecule has 0 aromatic heterocycles. The third kappa shape index (κ3) is 2.71. The van der Waals surface area contributed by atoms with Gasteiger partial charge in [-0.05, 0) is 45.6 Å². The fraction of sp³-hybridized carbons (Fsp3) is 1.00. The fourth-order valence-electron chi connectivity index (χ4n) is 2.91. The van der Waals surface area contributed by atoms with Crippen molar-refractivity contribution in [3.05, 3.63) is 0 Å². The van der Waals surface area contributed by atoms with Crippen LogP contribution in [0, 0.1) is 0 Å². The van der Waals surface area contributed by atoms with E-state index in [1.165, 1.54) is 38.6 Å². The smallest absolute Gasteiger partial charge is 0.0724 e. The molecule has 3 nitrogen and oxygen atoms in total. The highest BCUT2D eigenvalue weighted by atomic mass is 16.5. The summed E-state index contributed by atoms with van der Waals surface area (Å²) in [5.74, 6) is 0. The third-order valence-electron chi connectivity index (χ3n) is 3.97. The summed E-state index contributed by atoms with van der Waals surface area (Å²) in [6.07, 6.45) is 6.85. The zero-order valence-corrected chi connectivity index (χ0v) is 10.0. The number of rotatable bonds is 4. The lowest BCUT2D eigenvalue weighted by molar-refractivity contribution is 0.0830. The van der Waals surface area contributed by atoms with E-state index in [9.17, 15) is 0 Å². The van der Waals surface area contributed by atoms with Crippen LogP contribution in [0.15, 0.2) is 0 Å². The van der Waals surface area contributed by atoms with E-state index < -0.39 is 0 Å². The Bertz CT molecular complexity index is 202. The average molecular weight is 212 g/mol. The normalized spacial score (nSPS) is 41.2. The van der Waals surface area contributed by atoms with Gasteiger partial charge in [0.1, 0.15) is 0 Å². The summed E-state index contributed by atoms with van der Waals surface area (Å²) in [4.78, 5) is 0. The van der Waals surface area contributed by atoms with Crippen molar-refractivity contribution in [1.82, 2.24) is 10.6 Å². The molecule has 2 rings (SSSR count). The quantitative estimate of drug-likeness (QED) is 0.736. The Labute approximate surface area is 93.0 Å². The Balaban J connectivity index is 1.77. The molecule has 88 valence electrons. The molecule has 2 fully saturated rings. The van der Waals surface area contributed by atoms with Crippen LogP contribution in [0.25, 0.3) is 0 Å². The lowest BCUT2D eigenvalue weighted by Crippen LogP contribution is -2.50. The third-order valence-corrected chi connectivity index (χ3v) is 3.97. The van der Waals surface area contributed by atoms with E-state index >= 15 is 0 Å². The van der Waals surface area contributed by atoms with Crippen molar-refractivity contribution in [2.75, 3.05) is 20.2 Å². The van der Waals surface area contributed by atoms with Gasteiger partial charge in [-0.15, -0.1) is 0 Å². The summed E-state index contributed by atoms with van der Waals surface area (Å²) in [5, 5.41) is 7.26. The highest BCUT2D eigenvalue weighted by Crippen LogP contribution is 2.23. The molecule has 2 aliphatic rings. The van der Waals surface area contributed by atoms with Gasteiger partial charge in [-0.2, -0.15) is 0 Å². The Kier molecular flexibility index (Phi) is 3.65. The van der Waals surface area contributed by atoms with Crippen molar-refractivity contribution < 1.29 is 4.74 Å². The summed E-state index contributed by atoms with van der Waals surface area (Å²) in [6, 6.07) is 0.578. The van der Waals surface area contributed by atoms with Crippen LogP contribution in [0.3, 0.4) is 0 Å². The van der Waals surface area contributed by atoms with Crippen LogP contribution < -0.4 is 10.6 Å². The Morgan fingerprint density at radius 3 is 2.93 bits per heavy atom. The molecule has 0 spiro atoms. The van der Waals surface area contributed by atoms with Crippen LogP contribution in [-0.4, -0.2) is 37.9 Å². The summed E-state index contributed by atoms with van der Waals surface area (Å²) >= 11 is 0. The highest BCUT2D eigenvalue weighted by molar-refractivity contribution is 4.93. The summed E-state index contributed by atoms with van der Waals surface area (Å²) < 4.78 is 5.49. The second-order valence-corrected chi connectivity index (χ2v) is 5.28. The summed E-state index contributed by atoms with van der Waals surface area (Å²) in [6.45, 7) is 4.58. The molecule has 1 heterocycles. The second-order valence-electron chi connectivity index (χ2n) is 5.28. The van der Waals surface area contributed by atoms with Crippen LogP contribution in [0.5, 0.6) is 0 Å². The van der Waals surface area contributed by atoms with Crippen molar-refractivity contribution in [2.45, 2.75) is 56.7 Å². The maximum Gasteiger partial charge on any atom is 0.0724 e. The molecule has 15 heavy (non-hydrogen) atoms. The van der Waals surface area contributed by atoms with E-state index in [1.807, 2.05) is 7.11 Å². The molecule has 1 aliphatic heterocycles. The standard InChI is InChI=1S/C12H24N2O/c1-12(7-4-8-14-12)9-13-10-5-3-6-11(10)15-2/h10-11,13-14H,3-9H2,1-2H3. The maximum atomic E-state index is 5.49. The number of nitrogens with one attached hydrogen (secondary N) is 2. The van der Waals surface area contributed by atoms with Crippen LogP contribution >= 0.6 is 0 Å². The average Bonchev–Trinajstić information content (AvgIpc) is 2.84. The molecule has 3 heteroatoms. The van der Waals surface area contributed by atoms with Gasteiger partial charge in [0.25, 0.3) is 0 Å². The van der Waals surface area contributed by atoms with Gasteiger partial charge in [-0.25, -0.2) is 0 Å². The van der Waals surface area contributed by atoms with Gasteiger partial charge in [0.15, 0.2) is 0 Å². The second kappa shape index (κ2) is 4.81. The topological polar surface area (TPSA) is 33.3 Å². The van der Waals surface area contributed by atoms with Crippen LogP contribution in [0.2, 0.25) is 0 Å². The molecule has 1 saturated carbocycles. The Morgan fingerprint density at radius 2 is 2.27 bits per heavy atom. The van der Waals surface area contributed by atoms with E-state index in [0.29, 0.717) is 17.7 Å². The van der Waals surface area contributed by atoms with E-state index in [-0.39, 0.29) is 0 Å². The van der Waals surface area contributed by atoms with Gasteiger partial charge in [0.2, 0.25) is 0 Å². The van der Waals surface area contributed by atoms with E-state index in [2.05, 4.69) is 17.6 Å². The van der Waals surface area contributed by atoms with Crippen molar-refractivity contribution in [1.29, 1.82) is 0 Å². The van der Waals surface area contributed by atoms with E-state index in [0.717, 1.165) is 6.54 Å². The van der Waals surface area contributed by atoms with Gasteiger partial charge in [-0.3, -0.25) is 0 Å². The minimum absolute atomic E-state index is 0.320. The minimum Gasteiger partial charge on any atom is -0.380 e. The first-order valence-electron chi connectivity index (χ1n) is 6.25. The summed E-state index contributed by atoms with van der Waals surface area (Å²) in [5.41, 5.74) is 0.320. The molecule has 0 amide bonds. The summed E-state index contributed by atoms with van der Waals surface area (Å²) in [7, 11) is 1.83.